The standard InChI is InChI=1S/C25H28N4O3S/c1-17-5-10-20(11-6-17)26-23(31)25-28-27-24(33-25)19-4-3-15-29(16-19)22(30)14-9-18-7-12-21(32-2)13-8-18/h5-8,10-13,19H,3-4,9,14-16H2,1-2H3,(H,26,31). The Kier molecular flexibility index (Phi) is 7.34. The van der Waals surface area contributed by atoms with E-state index in [0.29, 0.717) is 24.4 Å². The van der Waals surface area contributed by atoms with Crippen LogP contribution in [0, 0.1) is 6.92 Å². The van der Waals surface area contributed by atoms with Crippen molar-refractivity contribution in [2.24, 2.45) is 0 Å². The fourth-order valence-electron chi connectivity index (χ4n) is 3.92. The molecule has 1 unspecified atom stereocenters. The largest absolute Gasteiger partial charge is 0.497 e. The minimum absolute atomic E-state index is 0.113. The number of nitrogens with zero attached hydrogens (tertiary/aromatic N) is 3. The van der Waals surface area contributed by atoms with Crippen molar-refractivity contribution in [1.82, 2.24) is 15.1 Å². The first-order valence-electron chi connectivity index (χ1n) is 11.1. The molecule has 0 aliphatic carbocycles. The maximum Gasteiger partial charge on any atom is 0.286 e. The van der Waals surface area contributed by atoms with Crippen LogP contribution < -0.4 is 10.1 Å². The van der Waals surface area contributed by atoms with E-state index in [0.717, 1.165) is 47.0 Å². The van der Waals surface area contributed by atoms with Gasteiger partial charge in [-0.3, -0.25) is 9.59 Å². The Labute approximate surface area is 197 Å². The van der Waals surface area contributed by atoms with Gasteiger partial charge >= 0.3 is 0 Å². The first-order valence-corrected chi connectivity index (χ1v) is 12.0. The predicted octanol–water partition coefficient (Wildman–Crippen LogP) is 4.45. The number of likely N-dealkylation sites (tertiary alicyclic amines) is 1. The molecule has 0 saturated carbocycles. The third kappa shape index (κ3) is 5.96. The molecule has 1 saturated heterocycles. The van der Waals surface area contributed by atoms with E-state index in [2.05, 4.69) is 15.5 Å². The van der Waals surface area contributed by atoms with Gasteiger partial charge in [0, 0.05) is 31.1 Å². The first kappa shape index (κ1) is 22.9. The molecule has 4 rings (SSSR count). The maximum atomic E-state index is 12.8. The molecule has 8 heteroatoms. The molecule has 1 aromatic heterocycles. The quantitative estimate of drug-likeness (QED) is 0.559. The Balaban J connectivity index is 1.32. The zero-order valence-electron chi connectivity index (χ0n) is 18.9. The topological polar surface area (TPSA) is 84.4 Å². The summed E-state index contributed by atoms with van der Waals surface area (Å²) in [4.78, 5) is 27.3. The molecule has 2 aromatic carbocycles. The number of hydrogen-bond donors (Lipinski definition) is 1. The average molecular weight is 465 g/mol. The van der Waals surface area contributed by atoms with Crippen molar-refractivity contribution in [2.45, 2.75) is 38.5 Å². The fourth-order valence-corrected chi connectivity index (χ4v) is 4.78. The van der Waals surface area contributed by atoms with Crippen molar-refractivity contribution in [2.75, 3.05) is 25.5 Å². The van der Waals surface area contributed by atoms with E-state index in [1.54, 1.807) is 7.11 Å². The Morgan fingerprint density at radius 2 is 1.88 bits per heavy atom. The molecule has 0 bridgehead atoms. The number of rotatable bonds is 7. The zero-order chi connectivity index (χ0) is 23.2. The molecule has 2 heterocycles. The van der Waals surface area contributed by atoms with Crippen molar-refractivity contribution in [3.8, 4) is 5.75 Å². The van der Waals surface area contributed by atoms with Crippen LogP contribution in [0.4, 0.5) is 5.69 Å². The highest BCUT2D eigenvalue weighted by Gasteiger charge is 2.28. The van der Waals surface area contributed by atoms with Gasteiger partial charge in [0.25, 0.3) is 5.91 Å². The van der Waals surface area contributed by atoms with E-state index < -0.39 is 0 Å². The van der Waals surface area contributed by atoms with Gasteiger partial charge in [-0.25, -0.2) is 0 Å². The predicted molar refractivity (Wildman–Crippen MR) is 129 cm³/mol. The van der Waals surface area contributed by atoms with Crippen molar-refractivity contribution >= 4 is 28.8 Å². The number of anilines is 1. The monoisotopic (exact) mass is 464 g/mol. The van der Waals surface area contributed by atoms with Crippen LogP contribution in [0.5, 0.6) is 5.75 Å². The van der Waals surface area contributed by atoms with Crippen molar-refractivity contribution in [1.29, 1.82) is 0 Å². The van der Waals surface area contributed by atoms with Gasteiger partial charge in [0.15, 0.2) is 0 Å². The Morgan fingerprint density at radius 3 is 2.61 bits per heavy atom. The summed E-state index contributed by atoms with van der Waals surface area (Å²) in [6.45, 7) is 3.38. The minimum Gasteiger partial charge on any atom is -0.497 e. The van der Waals surface area contributed by atoms with Crippen molar-refractivity contribution in [3.05, 3.63) is 69.7 Å². The highest BCUT2D eigenvalue weighted by atomic mass is 32.1. The van der Waals surface area contributed by atoms with Crippen LogP contribution >= 0.6 is 11.3 Å². The number of piperidine rings is 1. The second kappa shape index (κ2) is 10.6. The zero-order valence-corrected chi connectivity index (χ0v) is 19.7. The summed E-state index contributed by atoms with van der Waals surface area (Å²) in [5.74, 6) is 0.818. The SMILES string of the molecule is COc1ccc(CCC(=O)N2CCCC(c3nnc(C(=O)Nc4ccc(C)cc4)s3)C2)cc1. The van der Waals surface area contributed by atoms with Gasteiger partial charge in [-0.2, -0.15) is 0 Å². The van der Waals surface area contributed by atoms with Gasteiger partial charge in [-0.1, -0.05) is 41.2 Å². The van der Waals surface area contributed by atoms with Gasteiger partial charge in [0.05, 0.1) is 7.11 Å². The molecule has 1 fully saturated rings. The normalized spacial score (nSPS) is 15.8. The Hall–Kier alpha value is -3.26. The molecular weight excluding hydrogens is 436 g/mol. The first-order chi connectivity index (χ1) is 16.0. The van der Waals surface area contributed by atoms with Crippen LogP contribution in [-0.2, 0) is 11.2 Å². The van der Waals surface area contributed by atoms with Gasteiger partial charge in [-0.05, 0) is 56.0 Å². The lowest BCUT2D eigenvalue weighted by Gasteiger charge is -2.31. The molecule has 172 valence electrons. The molecule has 1 N–H and O–H groups in total. The average Bonchev–Trinajstić information content (AvgIpc) is 3.35. The summed E-state index contributed by atoms with van der Waals surface area (Å²) < 4.78 is 5.18. The van der Waals surface area contributed by atoms with E-state index in [-0.39, 0.29) is 17.7 Å². The molecule has 2 amide bonds. The molecule has 1 aliphatic heterocycles. The van der Waals surface area contributed by atoms with Crippen LogP contribution in [0.25, 0.3) is 0 Å². The number of ether oxygens (including phenoxy) is 1. The summed E-state index contributed by atoms with van der Waals surface area (Å²) in [5.41, 5.74) is 2.98. The van der Waals surface area contributed by atoms with Crippen molar-refractivity contribution < 1.29 is 14.3 Å². The van der Waals surface area contributed by atoms with Crippen molar-refractivity contribution in [3.63, 3.8) is 0 Å². The number of aryl methyl sites for hydroxylation is 2. The molecular formula is C25H28N4O3S. The van der Waals surface area contributed by atoms with E-state index in [4.69, 9.17) is 4.74 Å². The smallest absolute Gasteiger partial charge is 0.286 e. The van der Waals surface area contributed by atoms with Gasteiger partial charge in [-0.15, -0.1) is 10.2 Å². The molecule has 0 radical (unpaired) electrons. The summed E-state index contributed by atoms with van der Waals surface area (Å²) in [7, 11) is 1.64. The van der Waals surface area contributed by atoms with E-state index in [1.807, 2.05) is 60.4 Å². The van der Waals surface area contributed by atoms with Crippen LogP contribution in [-0.4, -0.2) is 47.1 Å². The molecule has 33 heavy (non-hydrogen) atoms. The molecule has 1 aliphatic rings. The number of hydrogen-bond acceptors (Lipinski definition) is 6. The van der Waals surface area contributed by atoms with Gasteiger partial charge in [0.1, 0.15) is 10.8 Å². The fraction of sp³-hybridized carbons (Fsp3) is 0.360. The van der Waals surface area contributed by atoms with E-state index in [1.165, 1.54) is 11.3 Å². The number of nitrogens with one attached hydrogen (secondary N) is 1. The lowest BCUT2D eigenvalue weighted by atomic mass is 9.98. The minimum atomic E-state index is -0.258. The lowest BCUT2D eigenvalue weighted by molar-refractivity contribution is -0.132. The van der Waals surface area contributed by atoms with E-state index >= 15 is 0 Å². The Morgan fingerprint density at radius 1 is 1.12 bits per heavy atom. The van der Waals surface area contributed by atoms with Crippen LogP contribution in [0.2, 0.25) is 0 Å². The van der Waals surface area contributed by atoms with Crippen LogP contribution in [0.15, 0.2) is 48.5 Å². The summed E-state index contributed by atoms with van der Waals surface area (Å²) in [5, 5.41) is 12.4. The summed E-state index contributed by atoms with van der Waals surface area (Å²) >= 11 is 1.31. The lowest BCUT2D eigenvalue weighted by Crippen LogP contribution is -2.39. The number of methoxy groups -OCH3 is 1. The second-order valence-electron chi connectivity index (χ2n) is 8.29. The molecule has 7 nitrogen and oxygen atoms in total. The molecule has 1 atom stereocenters. The number of benzene rings is 2. The highest BCUT2D eigenvalue weighted by Crippen LogP contribution is 2.30. The van der Waals surface area contributed by atoms with Crippen LogP contribution in [0.1, 0.15) is 51.1 Å². The third-order valence-electron chi connectivity index (χ3n) is 5.85. The third-order valence-corrected chi connectivity index (χ3v) is 6.94. The summed E-state index contributed by atoms with van der Waals surface area (Å²) in [6, 6.07) is 15.5. The van der Waals surface area contributed by atoms with Gasteiger partial charge in [0.2, 0.25) is 10.9 Å². The van der Waals surface area contributed by atoms with Gasteiger partial charge < -0.3 is 15.0 Å². The van der Waals surface area contributed by atoms with E-state index in [9.17, 15) is 9.59 Å². The number of aromatic nitrogens is 2. The number of amides is 2. The highest BCUT2D eigenvalue weighted by molar-refractivity contribution is 7.13. The Bertz CT molecular complexity index is 1100. The number of carbonyl (C=O) groups is 2. The molecule has 3 aromatic rings. The second-order valence-corrected chi connectivity index (χ2v) is 9.30. The summed E-state index contributed by atoms with van der Waals surface area (Å²) in [6.07, 6.45) is 3.03. The number of carbonyl (C=O) groups excluding carboxylic acids is 2. The molecule has 0 spiro atoms. The maximum absolute atomic E-state index is 12.8. The van der Waals surface area contributed by atoms with Crippen LogP contribution in [0.3, 0.4) is 0 Å².